The zero-order chi connectivity index (χ0) is 17.8. The van der Waals surface area contributed by atoms with E-state index < -0.39 is 6.10 Å². The third-order valence-corrected chi connectivity index (χ3v) is 4.17. The fourth-order valence-corrected chi connectivity index (χ4v) is 2.75. The van der Waals surface area contributed by atoms with Gasteiger partial charge in [0.2, 0.25) is 0 Å². The average Bonchev–Trinajstić information content (AvgIpc) is 3.02. The number of aromatic nitrogens is 2. The Bertz CT molecular complexity index is 872. The standard InChI is InChI=1S/C20H21N3O2/c1-14-8-6-7-11-17(14)19(24)12-21-20(25)18-13-23(22-15(18)2)16-9-4-3-5-10-16/h3-11,13,19,24H,12H2,1-2H3,(H,21,25). The van der Waals surface area contributed by atoms with Crippen molar-refractivity contribution in [2.75, 3.05) is 6.54 Å². The number of aryl methyl sites for hydroxylation is 2. The zero-order valence-corrected chi connectivity index (χ0v) is 14.3. The van der Waals surface area contributed by atoms with E-state index in [0.717, 1.165) is 16.8 Å². The molecule has 5 nitrogen and oxygen atoms in total. The van der Waals surface area contributed by atoms with Crippen molar-refractivity contribution in [3.8, 4) is 5.69 Å². The Labute approximate surface area is 146 Å². The summed E-state index contributed by atoms with van der Waals surface area (Å²) in [5, 5.41) is 17.5. The van der Waals surface area contributed by atoms with Crippen LogP contribution in [0.15, 0.2) is 60.8 Å². The molecule has 1 aromatic heterocycles. The van der Waals surface area contributed by atoms with Gasteiger partial charge in [0, 0.05) is 12.7 Å². The van der Waals surface area contributed by atoms with Crippen LogP contribution in [0.1, 0.15) is 33.3 Å². The molecule has 0 saturated carbocycles. The van der Waals surface area contributed by atoms with Gasteiger partial charge in [0.1, 0.15) is 0 Å². The lowest BCUT2D eigenvalue weighted by molar-refractivity contribution is 0.0915. The van der Waals surface area contributed by atoms with Gasteiger partial charge in [-0.25, -0.2) is 4.68 Å². The molecular formula is C20H21N3O2. The topological polar surface area (TPSA) is 67.2 Å². The number of carbonyl (C=O) groups is 1. The van der Waals surface area contributed by atoms with Crippen molar-refractivity contribution in [1.29, 1.82) is 0 Å². The minimum absolute atomic E-state index is 0.152. The fraction of sp³-hybridized carbons (Fsp3) is 0.200. The monoisotopic (exact) mass is 335 g/mol. The van der Waals surface area contributed by atoms with Gasteiger partial charge in [-0.2, -0.15) is 5.10 Å². The first kappa shape index (κ1) is 16.9. The van der Waals surface area contributed by atoms with Crippen LogP contribution in [-0.4, -0.2) is 27.3 Å². The fourth-order valence-electron chi connectivity index (χ4n) is 2.75. The van der Waals surface area contributed by atoms with Crippen LogP contribution in [0.4, 0.5) is 0 Å². The molecule has 3 rings (SSSR count). The number of nitrogens with one attached hydrogen (secondary N) is 1. The van der Waals surface area contributed by atoms with Gasteiger partial charge in [0.25, 0.3) is 5.91 Å². The van der Waals surface area contributed by atoms with Crippen LogP contribution >= 0.6 is 0 Å². The first-order chi connectivity index (χ1) is 12.1. The van der Waals surface area contributed by atoms with Gasteiger partial charge in [-0.1, -0.05) is 42.5 Å². The minimum Gasteiger partial charge on any atom is -0.387 e. The smallest absolute Gasteiger partial charge is 0.254 e. The lowest BCUT2D eigenvalue weighted by Crippen LogP contribution is -2.28. The maximum absolute atomic E-state index is 12.5. The van der Waals surface area contributed by atoms with Gasteiger partial charge in [-0.3, -0.25) is 4.79 Å². The molecule has 1 atom stereocenters. The Morgan fingerprint density at radius 3 is 2.52 bits per heavy atom. The Hall–Kier alpha value is -2.92. The number of aliphatic hydroxyl groups is 1. The highest BCUT2D eigenvalue weighted by Gasteiger charge is 2.16. The predicted octanol–water partition coefficient (Wildman–Crippen LogP) is 2.95. The van der Waals surface area contributed by atoms with Crippen LogP contribution in [0, 0.1) is 13.8 Å². The second-order valence-electron chi connectivity index (χ2n) is 5.99. The van der Waals surface area contributed by atoms with Crippen molar-refractivity contribution in [1.82, 2.24) is 15.1 Å². The van der Waals surface area contributed by atoms with E-state index in [1.807, 2.05) is 61.5 Å². The molecule has 0 fully saturated rings. The molecule has 2 N–H and O–H groups in total. The van der Waals surface area contributed by atoms with Crippen LogP contribution in [0.2, 0.25) is 0 Å². The van der Waals surface area contributed by atoms with Crippen molar-refractivity contribution >= 4 is 5.91 Å². The summed E-state index contributed by atoms with van der Waals surface area (Å²) >= 11 is 0. The number of carbonyl (C=O) groups excluding carboxylic acids is 1. The molecule has 0 spiro atoms. The van der Waals surface area contributed by atoms with Gasteiger partial charge in [0.05, 0.1) is 23.0 Å². The van der Waals surface area contributed by atoms with Gasteiger partial charge in [-0.05, 0) is 37.1 Å². The van der Waals surface area contributed by atoms with Gasteiger partial charge in [-0.15, -0.1) is 0 Å². The van der Waals surface area contributed by atoms with Crippen LogP contribution in [0.25, 0.3) is 5.69 Å². The highest BCUT2D eigenvalue weighted by Crippen LogP contribution is 2.17. The first-order valence-electron chi connectivity index (χ1n) is 8.19. The normalized spacial score (nSPS) is 12.0. The molecule has 25 heavy (non-hydrogen) atoms. The summed E-state index contributed by atoms with van der Waals surface area (Å²) in [4.78, 5) is 12.5. The Morgan fingerprint density at radius 1 is 1.12 bits per heavy atom. The molecule has 2 aromatic carbocycles. The molecule has 0 aliphatic rings. The van der Waals surface area contributed by atoms with Crippen molar-refractivity contribution in [2.45, 2.75) is 20.0 Å². The SMILES string of the molecule is Cc1ccccc1C(O)CNC(=O)c1cn(-c2ccccc2)nc1C. The van der Waals surface area contributed by atoms with Crippen LogP contribution in [0.5, 0.6) is 0 Å². The molecule has 1 unspecified atom stereocenters. The Balaban J connectivity index is 1.70. The number of hydrogen-bond donors (Lipinski definition) is 2. The maximum atomic E-state index is 12.5. The summed E-state index contributed by atoms with van der Waals surface area (Å²) in [6.07, 6.45) is 0.967. The molecule has 1 heterocycles. The first-order valence-corrected chi connectivity index (χ1v) is 8.19. The van der Waals surface area contributed by atoms with Crippen molar-refractivity contribution in [3.05, 3.63) is 83.2 Å². The van der Waals surface area contributed by atoms with Crippen LogP contribution < -0.4 is 5.32 Å². The second-order valence-corrected chi connectivity index (χ2v) is 5.99. The molecule has 0 aliphatic carbocycles. The molecule has 0 radical (unpaired) electrons. The summed E-state index contributed by atoms with van der Waals surface area (Å²) in [6.45, 7) is 3.89. The van der Waals surface area contributed by atoms with Gasteiger partial charge in [0.15, 0.2) is 0 Å². The summed E-state index contributed by atoms with van der Waals surface area (Å²) in [5.41, 5.74) is 3.86. The summed E-state index contributed by atoms with van der Waals surface area (Å²) < 4.78 is 1.68. The zero-order valence-electron chi connectivity index (χ0n) is 14.3. The van der Waals surface area contributed by atoms with Crippen LogP contribution in [0.3, 0.4) is 0 Å². The van der Waals surface area contributed by atoms with E-state index in [4.69, 9.17) is 0 Å². The number of benzene rings is 2. The van der Waals surface area contributed by atoms with Crippen molar-refractivity contribution < 1.29 is 9.90 Å². The molecule has 5 heteroatoms. The number of hydrogen-bond acceptors (Lipinski definition) is 3. The molecule has 1 amide bonds. The second kappa shape index (κ2) is 7.32. The lowest BCUT2D eigenvalue weighted by Gasteiger charge is -2.14. The summed E-state index contributed by atoms with van der Waals surface area (Å²) in [5.74, 6) is -0.243. The molecule has 0 saturated heterocycles. The average molecular weight is 335 g/mol. The van der Waals surface area contributed by atoms with Crippen LogP contribution in [-0.2, 0) is 0 Å². The molecular weight excluding hydrogens is 314 g/mol. The molecule has 0 aliphatic heterocycles. The van der Waals surface area contributed by atoms with E-state index in [2.05, 4.69) is 10.4 Å². The Morgan fingerprint density at radius 2 is 1.80 bits per heavy atom. The van der Waals surface area contributed by atoms with Crippen molar-refractivity contribution in [3.63, 3.8) is 0 Å². The van der Waals surface area contributed by atoms with E-state index in [1.54, 1.807) is 17.8 Å². The molecule has 128 valence electrons. The highest BCUT2D eigenvalue weighted by molar-refractivity contribution is 5.95. The largest absolute Gasteiger partial charge is 0.387 e. The van der Waals surface area contributed by atoms with E-state index in [0.29, 0.717) is 11.3 Å². The van der Waals surface area contributed by atoms with E-state index >= 15 is 0 Å². The van der Waals surface area contributed by atoms with E-state index in [1.165, 1.54) is 0 Å². The van der Waals surface area contributed by atoms with Gasteiger partial charge >= 0.3 is 0 Å². The molecule has 0 bridgehead atoms. The maximum Gasteiger partial charge on any atom is 0.254 e. The van der Waals surface area contributed by atoms with E-state index in [9.17, 15) is 9.90 Å². The quantitative estimate of drug-likeness (QED) is 0.753. The third kappa shape index (κ3) is 3.78. The summed E-state index contributed by atoms with van der Waals surface area (Å²) in [6, 6.07) is 17.2. The number of para-hydroxylation sites is 1. The highest BCUT2D eigenvalue weighted by atomic mass is 16.3. The predicted molar refractivity (Wildman–Crippen MR) is 96.8 cm³/mol. The van der Waals surface area contributed by atoms with E-state index in [-0.39, 0.29) is 12.5 Å². The number of aliphatic hydroxyl groups excluding tert-OH is 1. The minimum atomic E-state index is -0.741. The number of nitrogens with zero attached hydrogens (tertiary/aromatic N) is 2. The summed E-state index contributed by atoms with van der Waals surface area (Å²) in [7, 11) is 0. The number of rotatable bonds is 5. The molecule has 3 aromatic rings. The Kier molecular flexibility index (Phi) is 4.95. The number of amides is 1. The lowest BCUT2D eigenvalue weighted by atomic mass is 10.0. The van der Waals surface area contributed by atoms with Gasteiger partial charge < -0.3 is 10.4 Å². The third-order valence-electron chi connectivity index (χ3n) is 4.17. The van der Waals surface area contributed by atoms with Crippen molar-refractivity contribution in [2.24, 2.45) is 0 Å².